The van der Waals surface area contributed by atoms with Gasteiger partial charge in [-0.05, 0) is 75.4 Å². The van der Waals surface area contributed by atoms with E-state index in [2.05, 4.69) is 38.7 Å². The maximum Gasteiger partial charge on any atom is 0.220 e. The number of aromatic nitrogens is 2. The second-order valence-corrected chi connectivity index (χ2v) is 10.00. The molecule has 1 fully saturated rings. The highest BCUT2D eigenvalue weighted by atomic mass is 79.9. The topological polar surface area (TPSA) is 103 Å². The van der Waals surface area contributed by atoms with Gasteiger partial charge in [0.25, 0.3) is 0 Å². The van der Waals surface area contributed by atoms with Crippen molar-refractivity contribution in [2.24, 2.45) is 12.8 Å². The number of amides is 1. The van der Waals surface area contributed by atoms with Gasteiger partial charge < -0.3 is 25.8 Å². The van der Waals surface area contributed by atoms with Gasteiger partial charge in [-0.1, -0.05) is 24.3 Å². The molecular weight excluding hydrogens is 534 g/mol. The molecule has 0 saturated carbocycles. The zero-order valence-electron chi connectivity index (χ0n) is 20.3. The summed E-state index contributed by atoms with van der Waals surface area (Å²) >= 11 is 3.80. The summed E-state index contributed by atoms with van der Waals surface area (Å²) in [6.07, 6.45) is 3.16. The average molecular weight is 560 g/mol. The molecule has 0 radical (unpaired) electrons. The van der Waals surface area contributed by atoms with Crippen LogP contribution in [0.15, 0.2) is 64.8 Å². The van der Waals surface area contributed by atoms with Gasteiger partial charge in [0.05, 0.1) is 17.2 Å². The average Bonchev–Trinajstić information content (AvgIpc) is 3.48. The Morgan fingerprint density at radius 2 is 2.00 bits per heavy atom. The first-order valence-electron chi connectivity index (χ1n) is 12.1. The van der Waals surface area contributed by atoms with E-state index < -0.39 is 0 Å². The molecule has 1 atom stereocenters. The summed E-state index contributed by atoms with van der Waals surface area (Å²) in [7, 11) is 1.92. The van der Waals surface area contributed by atoms with Crippen LogP contribution >= 0.6 is 15.9 Å². The molecule has 0 spiro atoms. The van der Waals surface area contributed by atoms with Crippen molar-refractivity contribution in [3.05, 3.63) is 70.3 Å². The fourth-order valence-corrected chi connectivity index (χ4v) is 5.40. The molecule has 1 amide bonds. The second kappa shape index (κ2) is 9.48. The number of hydrogen-bond acceptors (Lipinski definition) is 6. The molecular formula is C28H26BrN5O3. The molecule has 0 aliphatic carbocycles. The van der Waals surface area contributed by atoms with Gasteiger partial charge in [0, 0.05) is 29.0 Å². The van der Waals surface area contributed by atoms with Crippen molar-refractivity contribution in [2.45, 2.75) is 18.9 Å². The van der Waals surface area contributed by atoms with E-state index in [9.17, 15) is 4.79 Å². The Kier molecular flexibility index (Phi) is 6.00. The van der Waals surface area contributed by atoms with Crippen LogP contribution in [0, 0.1) is 0 Å². The minimum Gasteiger partial charge on any atom is -0.486 e. The lowest BCUT2D eigenvalue weighted by molar-refractivity contribution is -0.119. The number of nitrogens with two attached hydrogens (primary N) is 1. The van der Waals surface area contributed by atoms with Crippen molar-refractivity contribution in [3.63, 3.8) is 0 Å². The van der Waals surface area contributed by atoms with Crippen LogP contribution in [-0.2, 0) is 11.8 Å². The van der Waals surface area contributed by atoms with Crippen molar-refractivity contribution in [3.8, 4) is 22.6 Å². The highest BCUT2D eigenvalue weighted by Crippen LogP contribution is 2.40. The molecule has 9 heteroatoms. The third kappa shape index (κ3) is 4.51. The summed E-state index contributed by atoms with van der Waals surface area (Å²) in [4.78, 5) is 11.5. The van der Waals surface area contributed by atoms with Crippen LogP contribution in [0.4, 0.5) is 11.5 Å². The summed E-state index contributed by atoms with van der Waals surface area (Å²) < 4.78 is 14.2. The summed E-state index contributed by atoms with van der Waals surface area (Å²) in [5.74, 6) is 2.32. The van der Waals surface area contributed by atoms with E-state index in [0.717, 1.165) is 61.5 Å². The largest absolute Gasteiger partial charge is 0.486 e. The molecule has 4 aromatic rings. The molecule has 0 bridgehead atoms. The minimum atomic E-state index is -0.106. The Balaban J connectivity index is 1.29. The lowest BCUT2D eigenvalue weighted by atomic mass is 10.0. The molecule has 37 heavy (non-hydrogen) atoms. The Morgan fingerprint density at radius 1 is 1.16 bits per heavy atom. The Labute approximate surface area is 222 Å². The number of nitrogens with zero attached hydrogens (tertiary/aromatic N) is 2. The van der Waals surface area contributed by atoms with E-state index in [4.69, 9.17) is 20.3 Å². The maximum absolute atomic E-state index is 11.5. The van der Waals surface area contributed by atoms with Crippen LogP contribution in [0.2, 0.25) is 0 Å². The standard InChI is InChI=1S/C28H26BrN5O3/c1-34-23-14-16(13-20(30)21-8-10-26(35)31-21)5-7-19(23)28(33-34)32-22-4-2-3-18(27(22)29)17-6-9-24-25(15-17)37-12-11-36-24/h2-7,9,13-15,21H,8,10-12,30H2,1H3,(H,31,35)(H,32,33)/t21-/m0/s1. The van der Waals surface area contributed by atoms with E-state index >= 15 is 0 Å². The Bertz CT molecular complexity index is 1560. The molecule has 3 aromatic carbocycles. The highest BCUT2D eigenvalue weighted by Gasteiger charge is 2.22. The first-order valence-corrected chi connectivity index (χ1v) is 12.9. The third-order valence-corrected chi connectivity index (χ3v) is 7.57. The van der Waals surface area contributed by atoms with E-state index in [1.807, 2.05) is 60.3 Å². The number of carbonyl (C=O) groups is 1. The quantitative estimate of drug-likeness (QED) is 0.314. The minimum absolute atomic E-state index is 0.0448. The number of carbonyl (C=O) groups excluding carboxylic acids is 1. The van der Waals surface area contributed by atoms with Crippen molar-refractivity contribution in [1.82, 2.24) is 15.1 Å². The molecule has 188 valence electrons. The van der Waals surface area contributed by atoms with Gasteiger partial charge in [-0.2, -0.15) is 5.10 Å². The van der Waals surface area contributed by atoms with Crippen molar-refractivity contribution < 1.29 is 14.3 Å². The third-order valence-electron chi connectivity index (χ3n) is 6.71. The van der Waals surface area contributed by atoms with E-state index in [1.165, 1.54) is 0 Å². The predicted octanol–water partition coefficient (Wildman–Crippen LogP) is 5.10. The predicted molar refractivity (Wildman–Crippen MR) is 148 cm³/mol. The number of ether oxygens (including phenoxy) is 2. The van der Waals surface area contributed by atoms with Crippen LogP contribution in [0.5, 0.6) is 11.5 Å². The van der Waals surface area contributed by atoms with E-state index in [0.29, 0.717) is 25.3 Å². The second-order valence-electron chi connectivity index (χ2n) is 9.20. The molecule has 2 aliphatic rings. The van der Waals surface area contributed by atoms with Crippen LogP contribution in [-0.4, -0.2) is 34.9 Å². The fraction of sp³-hybridized carbons (Fsp3) is 0.214. The van der Waals surface area contributed by atoms with Gasteiger partial charge >= 0.3 is 0 Å². The van der Waals surface area contributed by atoms with Crippen molar-refractivity contribution >= 4 is 50.3 Å². The van der Waals surface area contributed by atoms with Crippen molar-refractivity contribution in [2.75, 3.05) is 18.5 Å². The van der Waals surface area contributed by atoms with Crippen LogP contribution in [0.3, 0.4) is 0 Å². The molecule has 1 saturated heterocycles. The van der Waals surface area contributed by atoms with Gasteiger partial charge in [0.2, 0.25) is 5.91 Å². The lowest BCUT2D eigenvalue weighted by Crippen LogP contribution is -2.30. The number of hydrogen-bond donors (Lipinski definition) is 3. The Hall–Kier alpha value is -3.98. The van der Waals surface area contributed by atoms with Gasteiger partial charge in [0.1, 0.15) is 13.2 Å². The number of nitrogens with one attached hydrogen (secondary N) is 2. The number of anilines is 2. The number of halogens is 1. The molecule has 8 nitrogen and oxygen atoms in total. The summed E-state index contributed by atoms with van der Waals surface area (Å²) in [5, 5.41) is 12.1. The molecule has 4 N–H and O–H groups in total. The first kappa shape index (κ1) is 23.4. The first-order chi connectivity index (χ1) is 18.0. The smallest absolute Gasteiger partial charge is 0.220 e. The summed E-state index contributed by atoms with van der Waals surface area (Å²) in [6.45, 7) is 1.12. The van der Waals surface area contributed by atoms with Crippen LogP contribution < -0.4 is 25.8 Å². The number of fused-ring (bicyclic) bond motifs is 2. The fourth-order valence-electron chi connectivity index (χ4n) is 4.80. The van der Waals surface area contributed by atoms with Gasteiger partial charge in [-0.3, -0.25) is 9.48 Å². The Morgan fingerprint density at radius 3 is 2.81 bits per heavy atom. The molecule has 2 aliphatic heterocycles. The summed E-state index contributed by atoms with van der Waals surface area (Å²) in [5.41, 5.74) is 11.8. The molecule has 1 aromatic heterocycles. The zero-order valence-corrected chi connectivity index (χ0v) is 21.8. The number of aryl methyl sites for hydroxylation is 1. The monoisotopic (exact) mass is 559 g/mol. The number of benzene rings is 3. The number of rotatable bonds is 5. The zero-order chi connectivity index (χ0) is 25.5. The SMILES string of the molecule is Cn1nc(Nc2cccc(-c3ccc4c(c3)OCCO4)c2Br)c2ccc(C=C(N)[C@@H]3CCC(=O)N3)cc21. The van der Waals surface area contributed by atoms with Crippen LogP contribution in [0.25, 0.3) is 28.1 Å². The molecule has 3 heterocycles. The lowest BCUT2D eigenvalue weighted by Gasteiger charge is -2.19. The van der Waals surface area contributed by atoms with Crippen molar-refractivity contribution in [1.29, 1.82) is 0 Å². The van der Waals surface area contributed by atoms with Crippen LogP contribution in [0.1, 0.15) is 18.4 Å². The van der Waals surface area contributed by atoms with E-state index in [1.54, 1.807) is 0 Å². The normalized spacial score (nSPS) is 17.2. The van der Waals surface area contributed by atoms with E-state index in [-0.39, 0.29) is 11.9 Å². The highest BCUT2D eigenvalue weighted by molar-refractivity contribution is 9.10. The van der Waals surface area contributed by atoms with Gasteiger partial charge in [-0.25, -0.2) is 0 Å². The van der Waals surface area contributed by atoms with Gasteiger partial charge in [0.15, 0.2) is 17.3 Å². The molecule has 0 unspecified atom stereocenters. The summed E-state index contributed by atoms with van der Waals surface area (Å²) in [6, 6.07) is 18.1. The van der Waals surface area contributed by atoms with Gasteiger partial charge in [-0.15, -0.1) is 0 Å². The maximum atomic E-state index is 11.5. The molecule has 6 rings (SSSR count).